The Morgan fingerprint density at radius 3 is 2.57 bits per heavy atom. The fourth-order valence-corrected chi connectivity index (χ4v) is 4.07. The van der Waals surface area contributed by atoms with E-state index in [-0.39, 0.29) is 17.7 Å². The van der Waals surface area contributed by atoms with Crippen molar-refractivity contribution in [3.05, 3.63) is 35.4 Å². The Morgan fingerprint density at radius 1 is 1.33 bits per heavy atom. The average molecular weight is 310 g/mol. The molecule has 5 nitrogen and oxygen atoms in total. The van der Waals surface area contributed by atoms with Crippen LogP contribution in [0.2, 0.25) is 0 Å². The molecule has 0 radical (unpaired) electrons. The molecule has 1 aliphatic heterocycles. The molecule has 1 amide bonds. The van der Waals surface area contributed by atoms with E-state index < -0.39 is 10.0 Å². The summed E-state index contributed by atoms with van der Waals surface area (Å²) in [6, 6.07) is 7.45. The quantitative estimate of drug-likeness (QED) is 0.915. The van der Waals surface area contributed by atoms with Gasteiger partial charge in [-0.25, -0.2) is 13.1 Å². The van der Waals surface area contributed by atoms with Crippen molar-refractivity contribution < 1.29 is 13.2 Å². The van der Waals surface area contributed by atoms with Gasteiger partial charge in [-0.05, 0) is 25.3 Å². The Kier molecular flexibility index (Phi) is 5.00. The van der Waals surface area contributed by atoms with Crippen molar-refractivity contribution in [2.45, 2.75) is 38.5 Å². The van der Waals surface area contributed by atoms with Crippen LogP contribution in [0, 0.1) is 6.92 Å². The van der Waals surface area contributed by atoms with Crippen LogP contribution < -0.4 is 4.72 Å². The van der Waals surface area contributed by atoms with Crippen molar-refractivity contribution in [1.82, 2.24) is 9.62 Å². The molecule has 0 unspecified atom stereocenters. The molecule has 2 rings (SSSR count). The number of hydrogen-bond donors (Lipinski definition) is 1. The van der Waals surface area contributed by atoms with Crippen molar-refractivity contribution >= 4 is 15.9 Å². The Hall–Kier alpha value is -1.40. The van der Waals surface area contributed by atoms with Gasteiger partial charge in [0.05, 0.1) is 5.75 Å². The Balaban J connectivity index is 1.91. The number of sulfonamides is 1. The maximum Gasteiger partial charge on any atom is 0.219 e. The summed E-state index contributed by atoms with van der Waals surface area (Å²) in [6.07, 6.45) is 1.35. The molecule has 1 aromatic rings. The number of rotatable bonds is 4. The summed E-state index contributed by atoms with van der Waals surface area (Å²) in [7, 11) is -3.34. The largest absolute Gasteiger partial charge is 0.343 e. The van der Waals surface area contributed by atoms with Crippen LogP contribution in [0.1, 0.15) is 30.9 Å². The van der Waals surface area contributed by atoms with Crippen LogP contribution in [0.5, 0.6) is 0 Å². The molecule has 1 saturated heterocycles. The van der Waals surface area contributed by atoms with E-state index in [1.165, 1.54) is 0 Å². The summed E-state index contributed by atoms with van der Waals surface area (Å²) >= 11 is 0. The van der Waals surface area contributed by atoms with Gasteiger partial charge in [0.15, 0.2) is 0 Å². The zero-order valence-electron chi connectivity index (χ0n) is 12.5. The van der Waals surface area contributed by atoms with Gasteiger partial charge < -0.3 is 4.90 Å². The number of carbonyl (C=O) groups is 1. The summed E-state index contributed by atoms with van der Waals surface area (Å²) in [5.41, 5.74) is 1.85. The topological polar surface area (TPSA) is 66.5 Å². The van der Waals surface area contributed by atoms with Crippen LogP contribution in [0.25, 0.3) is 0 Å². The highest BCUT2D eigenvalue weighted by Gasteiger charge is 2.24. The highest BCUT2D eigenvalue weighted by molar-refractivity contribution is 7.88. The Labute approximate surface area is 126 Å². The van der Waals surface area contributed by atoms with Crippen molar-refractivity contribution in [2.75, 3.05) is 13.1 Å². The predicted molar refractivity (Wildman–Crippen MR) is 82.2 cm³/mol. The molecule has 21 heavy (non-hydrogen) atoms. The second-order valence-corrected chi connectivity index (χ2v) is 7.40. The third-order valence-corrected chi connectivity index (χ3v) is 5.13. The first-order valence-electron chi connectivity index (χ1n) is 7.17. The minimum absolute atomic E-state index is 0.00159. The maximum atomic E-state index is 12.2. The van der Waals surface area contributed by atoms with Crippen LogP contribution in [-0.2, 0) is 20.6 Å². The smallest absolute Gasteiger partial charge is 0.219 e. The number of piperidine rings is 1. The number of amides is 1. The van der Waals surface area contributed by atoms with Gasteiger partial charge in [-0.1, -0.05) is 29.8 Å². The molecule has 1 N–H and O–H groups in total. The lowest BCUT2D eigenvalue weighted by molar-refractivity contribution is -0.129. The zero-order valence-corrected chi connectivity index (χ0v) is 13.3. The highest BCUT2D eigenvalue weighted by atomic mass is 32.2. The molecule has 0 aliphatic carbocycles. The number of nitrogens with one attached hydrogen (secondary N) is 1. The van der Waals surface area contributed by atoms with Gasteiger partial charge in [-0.15, -0.1) is 0 Å². The lowest BCUT2D eigenvalue weighted by Gasteiger charge is -2.31. The molecule has 1 aromatic carbocycles. The van der Waals surface area contributed by atoms with Crippen molar-refractivity contribution in [3.8, 4) is 0 Å². The van der Waals surface area contributed by atoms with E-state index in [1.807, 2.05) is 31.2 Å². The summed E-state index contributed by atoms with van der Waals surface area (Å²) in [4.78, 5) is 13.0. The molecule has 0 aromatic heterocycles. The normalized spacial score (nSPS) is 17.0. The lowest BCUT2D eigenvalue weighted by atomic mass is 10.1. The van der Waals surface area contributed by atoms with Crippen LogP contribution in [-0.4, -0.2) is 38.4 Å². The van der Waals surface area contributed by atoms with E-state index in [0.717, 1.165) is 11.1 Å². The van der Waals surface area contributed by atoms with E-state index in [0.29, 0.717) is 25.9 Å². The molecule has 0 bridgehead atoms. The summed E-state index contributed by atoms with van der Waals surface area (Å²) < 4.78 is 27.2. The number of hydrogen-bond acceptors (Lipinski definition) is 3. The molecule has 6 heteroatoms. The van der Waals surface area contributed by atoms with E-state index in [4.69, 9.17) is 0 Å². The Bertz CT molecular complexity index is 605. The fraction of sp³-hybridized carbons (Fsp3) is 0.533. The first-order chi connectivity index (χ1) is 9.85. The molecule has 0 saturated carbocycles. The minimum atomic E-state index is -3.34. The monoisotopic (exact) mass is 310 g/mol. The number of nitrogens with zero attached hydrogens (tertiary/aromatic N) is 1. The zero-order chi connectivity index (χ0) is 15.5. The van der Waals surface area contributed by atoms with Crippen molar-refractivity contribution in [2.24, 2.45) is 0 Å². The maximum absolute atomic E-state index is 12.2. The van der Waals surface area contributed by atoms with Crippen molar-refractivity contribution in [3.63, 3.8) is 0 Å². The van der Waals surface area contributed by atoms with Gasteiger partial charge in [0, 0.05) is 26.1 Å². The lowest BCUT2D eigenvalue weighted by Crippen LogP contribution is -2.46. The van der Waals surface area contributed by atoms with E-state index in [2.05, 4.69) is 4.72 Å². The molecule has 0 atom stereocenters. The molecule has 1 heterocycles. The molecule has 1 fully saturated rings. The first kappa shape index (κ1) is 16.0. The third kappa shape index (κ3) is 4.82. The molecule has 116 valence electrons. The Morgan fingerprint density at radius 2 is 2.00 bits per heavy atom. The fourth-order valence-electron chi connectivity index (χ4n) is 2.63. The van der Waals surface area contributed by atoms with Crippen LogP contribution >= 0.6 is 0 Å². The summed E-state index contributed by atoms with van der Waals surface area (Å²) in [5, 5.41) is 0. The van der Waals surface area contributed by atoms with Crippen LogP contribution in [0.15, 0.2) is 24.3 Å². The van der Waals surface area contributed by atoms with Crippen molar-refractivity contribution in [1.29, 1.82) is 0 Å². The molecular weight excluding hydrogens is 288 g/mol. The molecular formula is C15H22N2O3S. The van der Waals surface area contributed by atoms with Crippen LogP contribution in [0.3, 0.4) is 0 Å². The van der Waals surface area contributed by atoms with Gasteiger partial charge in [0.25, 0.3) is 0 Å². The molecule has 1 aliphatic rings. The van der Waals surface area contributed by atoms with Gasteiger partial charge in [-0.2, -0.15) is 0 Å². The van der Waals surface area contributed by atoms with Gasteiger partial charge >= 0.3 is 0 Å². The molecule has 0 spiro atoms. The number of benzene rings is 1. The van der Waals surface area contributed by atoms with E-state index in [9.17, 15) is 13.2 Å². The summed E-state index contributed by atoms with van der Waals surface area (Å²) in [5.74, 6) is 0.0535. The number of aryl methyl sites for hydroxylation is 1. The predicted octanol–water partition coefficient (Wildman–Crippen LogP) is 1.43. The second kappa shape index (κ2) is 6.58. The SMILES string of the molecule is CC(=O)N1CCC(NS(=O)(=O)Cc2cccc(C)c2)CC1. The second-order valence-electron chi connectivity index (χ2n) is 5.65. The van der Waals surface area contributed by atoms with E-state index >= 15 is 0 Å². The first-order valence-corrected chi connectivity index (χ1v) is 8.82. The van der Waals surface area contributed by atoms with E-state index in [1.54, 1.807) is 11.8 Å². The standard InChI is InChI=1S/C15H22N2O3S/c1-12-4-3-5-14(10-12)11-21(19,20)16-15-6-8-17(9-7-15)13(2)18/h3-5,10,15-16H,6-9,11H2,1-2H3. The average Bonchev–Trinajstić information content (AvgIpc) is 2.38. The number of likely N-dealkylation sites (tertiary alicyclic amines) is 1. The van der Waals surface area contributed by atoms with Gasteiger partial charge in [0.2, 0.25) is 15.9 Å². The van der Waals surface area contributed by atoms with Crippen LogP contribution in [0.4, 0.5) is 0 Å². The highest BCUT2D eigenvalue weighted by Crippen LogP contribution is 2.13. The third-order valence-electron chi connectivity index (χ3n) is 3.73. The van der Waals surface area contributed by atoms with Gasteiger partial charge in [0.1, 0.15) is 0 Å². The van der Waals surface area contributed by atoms with Gasteiger partial charge in [-0.3, -0.25) is 4.79 Å². The number of carbonyl (C=O) groups excluding carboxylic acids is 1. The summed E-state index contributed by atoms with van der Waals surface area (Å²) in [6.45, 7) is 4.73. The minimum Gasteiger partial charge on any atom is -0.343 e.